The van der Waals surface area contributed by atoms with Crippen LogP contribution in [-0.2, 0) is 11.4 Å². The maximum absolute atomic E-state index is 12.4. The first kappa shape index (κ1) is 17.8. The number of amides is 1. The number of hydrazone groups is 1. The van der Waals surface area contributed by atoms with E-state index < -0.39 is 0 Å². The Kier molecular flexibility index (Phi) is 5.06. The van der Waals surface area contributed by atoms with Crippen LogP contribution in [0.3, 0.4) is 0 Å². The fraction of sp³-hybridized carbons (Fsp3) is 0.130. The van der Waals surface area contributed by atoms with Gasteiger partial charge in [-0.25, -0.2) is 5.01 Å². The smallest absolute Gasteiger partial charge is 0.253 e. The van der Waals surface area contributed by atoms with Crippen molar-refractivity contribution in [2.75, 3.05) is 12.1 Å². The Labute approximate surface area is 163 Å². The fourth-order valence-corrected chi connectivity index (χ4v) is 3.00. The summed E-state index contributed by atoms with van der Waals surface area (Å²) in [5.74, 6) is 1.47. The van der Waals surface area contributed by atoms with Crippen LogP contribution < -0.4 is 14.5 Å². The predicted molar refractivity (Wildman–Crippen MR) is 109 cm³/mol. The second kappa shape index (κ2) is 7.96. The van der Waals surface area contributed by atoms with E-state index >= 15 is 0 Å². The van der Waals surface area contributed by atoms with E-state index in [0.717, 1.165) is 34.0 Å². The summed E-state index contributed by atoms with van der Waals surface area (Å²) in [6.45, 7) is 0.503. The second-order valence-electron chi connectivity index (χ2n) is 6.43. The molecule has 1 aliphatic heterocycles. The second-order valence-corrected chi connectivity index (χ2v) is 6.43. The molecule has 0 bridgehead atoms. The molecule has 0 atom stereocenters. The summed E-state index contributed by atoms with van der Waals surface area (Å²) >= 11 is 0. The average molecular weight is 372 g/mol. The van der Waals surface area contributed by atoms with Gasteiger partial charge in [0.05, 0.1) is 24.9 Å². The molecule has 0 radical (unpaired) electrons. The average Bonchev–Trinajstić information content (AvgIpc) is 3.15. The van der Waals surface area contributed by atoms with Crippen LogP contribution in [0.15, 0.2) is 84.0 Å². The van der Waals surface area contributed by atoms with E-state index in [0.29, 0.717) is 6.61 Å². The summed E-state index contributed by atoms with van der Waals surface area (Å²) in [6.07, 6.45) is 0.276. The predicted octanol–water partition coefficient (Wildman–Crippen LogP) is 4.42. The van der Waals surface area contributed by atoms with Gasteiger partial charge in [-0.1, -0.05) is 30.3 Å². The standard InChI is InChI=1S/C23H20N2O3/c1-27-20-11-7-18(8-12-20)22-15-23(26)25(24-22)19-9-13-21(14-10-19)28-16-17-5-3-2-4-6-17/h2-14H,15-16H2,1H3. The van der Waals surface area contributed by atoms with Crippen LogP contribution >= 0.6 is 0 Å². The molecule has 1 aliphatic rings. The largest absolute Gasteiger partial charge is 0.497 e. The van der Waals surface area contributed by atoms with Gasteiger partial charge in [0.15, 0.2) is 0 Å². The molecular weight excluding hydrogens is 352 g/mol. The first-order valence-corrected chi connectivity index (χ1v) is 9.04. The Morgan fingerprint density at radius 1 is 0.893 bits per heavy atom. The molecule has 5 heteroatoms. The summed E-state index contributed by atoms with van der Waals surface area (Å²) in [7, 11) is 1.63. The van der Waals surface area contributed by atoms with Crippen LogP contribution in [0.2, 0.25) is 0 Å². The Morgan fingerprint density at radius 3 is 2.25 bits per heavy atom. The molecule has 0 aromatic heterocycles. The van der Waals surface area contributed by atoms with Gasteiger partial charge in [0.1, 0.15) is 18.1 Å². The van der Waals surface area contributed by atoms with E-state index in [4.69, 9.17) is 9.47 Å². The number of rotatable bonds is 6. The lowest BCUT2D eigenvalue weighted by molar-refractivity contribution is -0.116. The highest BCUT2D eigenvalue weighted by Gasteiger charge is 2.26. The number of ether oxygens (including phenoxy) is 2. The van der Waals surface area contributed by atoms with Gasteiger partial charge in [-0.15, -0.1) is 0 Å². The van der Waals surface area contributed by atoms with Crippen LogP contribution in [0.1, 0.15) is 17.5 Å². The van der Waals surface area contributed by atoms with Crippen LogP contribution in [-0.4, -0.2) is 18.7 Å². The van der Waals surface area contributed by atoms with Gasteiger partial charge >= 0.3 is 0 Å². The fourth-order valence-electron chi connectivity index (χ4n) is 3.00. The number of anilines is 1. The molecule has 0 saturated carbocycles. The molecule has 140 valence electrons. The van der Waals surface area contributed by atoms with E-state index in [1.165, 1.54) is 5.01 Å². The highest BCUT2D eigenvalue weighted by atomic mass is 16.5. The molecule has 4 rings (SSSR count). The minimum atomic E-state index is -0.0521. The number of carbonyl (C=O) groups is 1. The zero-order valence-corrected chi connectivity index (χ0v) is 15.5. The van der Waals surface area contributed by atoms with Crippen molar-refractivity contribution in [3.05, 3.63) is 90.0 Å². The molecule has 0 saturated heterocycles. The number of carbonyl (C=O) groups excluding carboxylic acids is 1. The summed E-state index contributed by atoms with van der Waals surface area (Å²) in [5, 5.41) is 5.95. The lowest BCUT2D eigenvalue weighted by atomic mass is 10.1. The molecule has 1 heterocycles. The minimum absolute atomic E-state index is 0.0521. The quantitative estimate of drug-likeness (QED) is 0.644. The van der Waals surface area contributed by atoms with Crippen LogP contribution in [0.5, 0.6) is 11.5 Å². The molecule has 0 aliphatic carbocycles. The number of hydrogen-bond donors (Lipinski definition) is 0. The highest BCUT2D eigenvalue weighted by Crippen LogP contribution is 2.26. The lowest BCUT2D eigenvalue weighted by Gasteiger charge is -2.12. The van der Waals surface area contributed by atoms with Gasteiger partial charge in [-0.2, -0.15) is 5.10 Å². The molecule has 5 nitrogen and oxygen atoms in total. The molecular formula is C23H20N2O3. The van der Waals surface area contributed by atoms with Crippen molar-refractivity contribution in [2.45, 2.75) is 13.0 Å². The molecule has 0 N–H and O–H groups in total. The third kappa shape index (κ3) is 3.88. The third-order valence-electron chi connectivity index (χ3n) is 4.53. The van der Waals surface area contributed by atoms with Crippen molar-refractivity contribution in [1.82, 2.24) is 0 Å². The SMILES string of the molecule is COc1ccc(C2=NN(c3ccc(OCc4ccccc4)cc3)C(=O)C2)cc1. The van der Waals surface area contributed by atoms with E-state index in [-0.39, 0.29) is 12.3 Å². The maximum atomic E-state index is 12.4. The topological polar surface area (TPSA) is 51.1 Å². The van der Waals surface area contributed by atoms with E-state index in [1.807, 2.05) is 78.9 Å². The third-order valence-corrected chi connectivity index (χ3v) is 4.53. The van der Waals surface area contributed by atoms with Crippen molar-refractivity contribution in [1.29, 1.82) is 0 Å². The molecule has 1 amide bonds. The van der Waals surface area contributed by atoms with Gasteiger partial charge in [0.25, 0.3) is 5.91 Å². The molecule has 3 aromatic carbocycles. The van der Waals surface area contributed by atoms with E-state index in [1.54, 1.807) is 7.11 Å². The van der Waals surface area contributed by atoms with Crippen molar-refractivity contribution in [2.24, 2.45) is 5.10 Å². The molecule has 3 aromatic rings. The Bertz CT molecular complexity index is 981. The summed E-state index contributed by atoms with van der Waals surface area (Å²) in [4.78, 5) is 12.4. The normalized spacial score (nSPS) is 13.4. The molecule has 0 spiro atoms. The molecule has 28 heavy (non-hydrogen) atoms. The van der Waals surface area contributed by atoms with Gasteiger partial charge in [-0.3, -0.25) is 4.79 Å². The van der Waals surface area contributed by atoms with Gasteiger partial charge in [0.2, 0.25) is 0 Å². The van der Waals surface area contributed by atoms with Crippen molar-refractivity contribution >= 4 is 17.3 Å². The van der Waals surface area contributed by atoms with Gasteiger partial charge in [0, 0.05) is 0 Å². The first-order valence-electron chi connectivity index (χ1n) is 9.04. The number of methoxy groups -OCH3 is 1. The van der Waals surface area contributed by atoms with Crippen LogP contribution in [0.4, 0.5) is 5.69 Å². The minimum Gasteiger partial charge on any atom is -0.497 e. The van der Waals surface area contributed by atoms with Crippen molar-refractivity contribution < 1.29 is 14.3 Å². The van der Waals surface area contributed by atoms with Gasteiger partial charge < -0.3 is 9.47 Å². The van der Waals surface area contributed by atoms with Crippen molar-refractivity contribution in [3.8, 4) is 11.5 Å². The monoisotopic (exact) mass is 372 g/mol. The zero-order valence-electron chi connectivity index (χ0n) is 15.5. The van der Waals surface area contributed by atoms with E-state index in [9.17, 15) is 4.79 Å². The Balaban J connectivity index is 1.45. The van der Waals surface area contributed by atoms with Crippen LogP contribution in [0, 0.1) is 0 Å². The van der Waals surface area contributed by atoms with Crippen LogP contribution in [0.25, 0.3) is 0 Å². The molecule has 0 fully saturated rings. The summed E-state index contributed by atoms with van der Waals surface area (Å²) in [5.41, 5.74) is 3.49. The number of hydrogen-bond acceptors (Lipinski definition) is 4. The maximum Gasteiger partial charge on any atom is 0.253 e. The zero-order chi connectivity index (χ0) is 19.3. The van der Waals surface area contributed by atoms with Gasteiger partial charge in [-0.05, 0) is 59.7 Å². The Morgan fingerprint density at radius 2 is 1.57 bits per heavy atom. The summed E-state index contributed by atoms with van der Waals surface area (Å²) < 4.78 is 11.0. The Hall–Kier alpha value is -3.60. The number of benzene rings is 3. The summed E-state index contributed by atoms with van der Waals surface area (Å²) in [6, 6.07) is 24.9. The highest BCUT2D eigenvalue weighted by molar-refractivity contribution is 6.19. The van der Waals surface area contributed by atoms with E-state index in [2.05, 4.69) is 5.10 Å². The number of nitrogens with zero attached hydrogens (tertiary/aromatic N) is 2. The molecule has 0 unspecified atom stereocenters. The van der Waals surface area contributed by atoms with Crippen molar-refractivity contribution in [3.63, 3.8) is 0 Å². The lowest BCUT2D eigenvalue weighted by Crippen LogP contribution is -2.19. The first-order chi connectivity index (χ1) is 13.7.